The van der Waals surface area contributed by atoms with Crippen LogP contribution in [0.15, 0.2) is 23.7 Å². The zero-order chi connectivity index (χ0) is 16.5. The van der Waals surface area contributed by atoms with Gasteiger partial charge in [-0.3, -0.25) is 0 Å². The molecule has 1 aliphatic rings. The fourth-order valence-electron chi connectivity index (χ4n) is 2.19. The normalized spacial score (nSPS) is 20.0. The summed E-state index contributed by atoms with van der Waals surface area (Å²) in [5.41, 5.74) is 6.39. The van der Waals surface area contributed by atoms with E-state index in [1.165, 1.54) is 12.1 Å². The fourth-order valence-corrected chi connectivity index (χ4v) is 2.19. The summed E-state index contributed by atoms with van der Waals surface area (Å²) >= 11 is 0. The van der Waals surface area contributed by atoms with Crippen LogP contribution in [0, 0.1) is 17.1 Å². The van der Waals surface area contributed by atoms with E-state index in [1.54, 1.807) is 12.1 Å². The lowest BCUT2D eigenvalue weighted by Crippen LogP contribution is -2.41. The van der Waals surface area contributed by atoms with E-state index < -0.39 is 24.1 Å². The molecule has 0 amide bonds. The number of hydrogen-bond acceptors (Lipinski definition) is 4. The molecule has 0 radical (unpaired) electrons. The molecule has 0 atom stereocenters. The number of rotatable bonds is 3. The lowest BCUT2D eigenvalue weighted by Gasteiger charge is -2.32. The maximum absolute atomic E-state index is 13.5. The highest BCUT2D eigenvalue weighted by molar-refractivity contribution is 6.55. The number of nitriles is 1. The first-order valence-corrected chi connectivity index (χ1v) is 7.15. The smallest absolute Gasteiger partial charge is 0.400 e. The van der Waals surface area contributed by atoms with Crippen LogP contribution in [-0.4, -0.2) is 24.9 Å². The molecule has 0 aliphatic carbocycles. The Morgan fingerprint density at radius 1 is 1.27 bits per heavy atom. The maximum Gasteiger partial charge on any atom is 0.491 e. The Morgan fingerprint density at radius 3 is 2.36 bits per heavy atom. The molecular formula is C16H20BFN2O2. The van der Waals surface area contributed by atoms with Crippen molar-refractivity contribution in [1.82, 2.24) is 0 Å². The molecule has 116 valence electrons. The van der Waals surface area contributed by atoms with Crippen LogP contribution in [0.4, 0.5) is 4.39 Å². The zero-order valence-electron chi connectivity index (χ0n) is 13.3. The summed E-state index contributed by atoms with van der Waals surface area (Å²) < 4.78 is 25.4. The first-order chi connectivity index (χ1) is 10.2. The molecule has 0 unspecified atom stereocenters. The van der Waals surface area contributed by atoms with Crippen LogP contribution in [0.25, 0.3) is 6.08 Å². The second kappa shape index (κ2) is 5.84. The molecule has 1 aromatic carbocycles. The van der Waals surface area contributed by atoms with Crippen LogP contribution in [0.1, 0.15) is 38.8 Å². The predicted octanol–water partition coefficient (Wildman–Crippen LogP) is 2.67. The molecule has 1 fully saturated rings. The standard InChI is InChI=1S/C16H20BFN2O2/c1-15(2)16(3,4)22-17(21-15)13(10-20)6-11-5-12(9-19)8-14(18)7-11/h5-8H,10,20H2,1-4H3. The van der Waals surface area contributed by atoms with E-state index in [0.717, 1.165) is 0 Å². The molecule has 0 saturated carbocycles. The molecule has 2 N–H and O–H groups in total. The molecule has 0 aromatic heterocycles. The van der Waals surface area contributed by atoms with Gasteiger partial charge in [0.15, 0.2) is 0 Å². The molecule has 1 aliphatic heterocycles. The minimum Gasteiger partial charge on any atom is -0.400 e. The van der Waals surface area contributed by atoms with Crippen molar-refractivity contribution >= 4 is 13.2 Å². The van der Waals surface area contributed by atoms with Crippen LogP contribution < -0.4 is 5.73 Å². The van der Waals surface area contributed by atoms with E-state index in [1.807, 2.05) is 33.8 Å². The SMILES string of the molecule is CC1(C)OB(C(=Cc2cc(F)cc(C#N)c2)CN)OC1(C)C. The predicted molar refractivity (Wildman–Crippen MR) is 84.2 cm³/mol. The van der Waals surface area contributed by atoms with E-state index >= 15 is 0 Å². The summed E-state index contributed by atoms with van der Waals surface area (Å²) in [5, 5.41) is 8.92. The van der Waals surface area contributed by atoms with Crippen molar-refractivity contribution in [2.75, 3.05) is 6.54 Å². The van der Waals surface area contributed by atoms with Crippen molar-refractivity contribution in [2.24, 2.45) is 5.73 Å². The lowest BCUT2D eigenvalue weighted by atomic mass is 9.77. The molecule has 1 heterocycles. The Hall–Kier alpha value is -1.68. The summed E-state index contributed by atoms with van der Waals surface area (Å²) in [6.45, 7) is 8.04. The molecular weight excluding hydrogens is 282 g/mol. The zero-order valence-corrected chi connectivity index (χ0v) is 13.3. The molecule has 4 nitrogen and oxygen atoms in total. The van der Waals surface area contributed by atoms with E-state index in [2.05, 4.69) is 0 Å². The Morgan fingerprint density at radius 2 is 1.86 bits per heavy atom. The molecule has 6 heteroatoms. The lowest BCUT2D eigenvalue weighted by molar-refractivity contribution is 0.00578. The Labute approximate surface area is 130 Å². The van der Waals surface area contributed by atoms with Gasteiger partial charge in [-0.1, -0.05) is 6.08 Å². The monoisotopic (exact) mass is 302 g/mol. The average Bonchev–Trinajstić information content (AvgIpc) is 2.64. The Bertz CT molecular complexity index is 634. The fraction of sp³-hybridized carbons (Fsp3) is 0.438. The van der Waals surface area contributed by atoms with E-state index in [0.29, 0.717) is 11.0 Å². The number of nitrogens with zero attached hydrogens (tertiary/aromatic N) is 1. The number of hydrogen-bond donors (Lipinski definition) is 1. The van der Waals surface area contributed by atoms with Gasteiger partial charge in [-0.25, -0.2) is 4.39 Å². The highest BCUT2D eigenvalue weighted by atomic mass is 19.1. The quantitative estimate of drug-likeness (QED) is 0.872. The molecule has 2 rings (SSSR count). The van der Waals surface area contributed by atoms with Gasteiger partial charge < -0.3 is 15.0 Å². The van der Waals surface area contributed by atoms with Crippen molar-refractivity contribution in [1.29, 1.82) is 5.26 Å². The van der Waals surface area contributed by atoms with Gasteiger partial charge >= 0.3 is 7.12 Å². The molecule has 1 aromatic rings. The van der Waals surface area contributed by atoms with E-state index in [9.17, 15) is 4.39 Å². The van der Waals surface area contributed by atoms with Crippen LogP contribution in [0.3, 0.4) is 0 Å². The van der Waals surface area contributed by atoms with Crippen molar-refractivity contribution in [3.8, 4) is 6.07 Å². The van der Waals surface area contributed by atoms with Crippen LogP contribution in [0.5, 0.6) is 0 Å². The Balaban J connectivity index is 2.34. The van der Waals surface area contributed by atoms with Gasteiger partial charge in [0.2, 0.25) is 0 Å². The summed E-state index contributed by atoms with van der Waals surface area (Å²) in [4.78, 5) is 0. The minimum absolute atomic E-state index is 0.217. The summed E-state index contributed by atoms with van der Waals surface area (Å²) in [7, 11) is -0.580. The average molecular weight is 302 g/mol. The number of nitrogens with two attached hydrogens (primary N) is 1. The highest BCUT2D eigenvalue weighted by Gasteiger charge is 2.52. The molecule has 1 saturated heterocycles. The van der Waals surface area contributed by atoms with Crippen molar-refractivity contribution in [3.63, 3.8) is 0 Å². The van der Waals surface area contributed by atoms with Crippen molar-refractivity contribution in [2.45, 2.75) is 38.9 Å². The molecule has 0 spiro atoms. The molecule has 22 heavy (non-hydrogen) atoms. The van der Waals surface area contributed by atoms with Gasteiger partial charge in [0.05, 0.1) is 22.8 Å². The van der Waals surface area contributed by atoms with Gasteiger partial charge in [0.1, 0.15) is 5.82 Å². The maximum atomic E-state index is 13.5. The first-order valence-electron chi connectivity index (χ1n) is 7.15. The van der Waals surface area contributed by atoms with Gasteiger partial charge in [-0.05, 0) is 56.9 Å². The third-order valence-electron chi connectivity index (χ3n) is 4.19. The van der Waals surface area contributed by atoms with Gasteiger partial charge in [0.25, 0.3) is 0 Å². The van der Waals surface area contributed by atoms with Crippen LogP contribution in [0.2, 0.25) is 0 Å². The van der Waals surface area contributed by atoms with Gasteiger partial charge in [0, 0.05) is 6.54 Å². The van der Waals surface area contributed by atoms with Crippen LogP contribution in [-0.2, 0) is 9.31 Å². The van der Waals surface area contributed by atoms with Crippen LogP contribution >= 0.6 is 0 Å². The first kappa shape index (κ1) is 16.7. The van der Waals surface area contributed by atoms with Gasteiger partial charge in [-0.2, -0.15) is 5.26 Å². The second-order valence-corrected chi connectivity index (χ2v) is 6.40. The number of halogens is 1. The van der Waals surface area contributed by atoms with Gasteiger partial charge in [-0.15, -0.1) is 0 Å². The van der Waals surface area contributed by atoms with Crippen molar-refractivity contribution in [3.05, 3.63) is 40.6 Å². The summed E-state index contributed by atoms with van der Waals surface area (Å²) in [6.07, 6.45) is 1.71. The van der Waals surface area contributed by atoms with E-state index in [4.69, 9.17) is 20.3 Å². The minimum atomic E-state index is -0.580. The highest BCUT2D eigenvalue weighted by Crippen LogP contribution is 2.38. The third-order valence-corrected chi connectivity index (χ3v) is 4.19. The Kier molecular flexibility index (Phi) is 4.43. The van der Waals surface area contributed by atoms with Crippen molar-refractivity contribution < 1.29 is 13.7 Å². The third kappa shape index (κ3) is 3.22. The second-order valence-electron chi connectivity index (χ2n) is 6.40. The molecule has 0 bridgehead atoms. The largest absolute Gasteiger partial charge is 0.491 e. The number of benzene rings is 1. The summed E-state index contributed by atoms with van der Waals surface area (Å²) in [6, 6.07) is 6.07. The summed E-state index contributed by atoms with van der Waals surface area (Å²) in [5.74, 6) is -0.462. The topological polar surface area (TPSA) is 68.3 Å². The van der Waals surface area contributed by atoms with E-state index in [-0.39, 0.29) is 12.1 Å².